The number of Topliss-reactive ketones (excluding diaryl/α,β-unsaturated/α-hetero) is 1. The van der Waals surface area contributed by atoms with Gasteiger partial charge in [-0.3, -0.25) is 13.8 Å². The summed E-state index contributed by atoms with van der Waals surface area (Å²) in [4.78, 5) is 23.5. The Bertz CT molecular complexity index is 805. The molecule has 0 saturated carbocycles. The Kier molecular flexibility index (Phi) is 8.20. The fourth-order valence-corrected chi connectivity index (χ4v) is 3.77. The van der Waals surface area contributed by atoms with Gasteiger partial charge in [0, 0.05) is 28.5 Å². The summed E-state index contributed by atoms with van der Waals surface area (Å²) in [5.41, 5.74) is 2.43. The molecule has 0 aromatic heterocycles. The van der Waals surface area contributed by atoms with Crippen LogP contribution in [-0.2, 0) is 27.8 Å². The first-order valence-electron chi connectivity index (χ1n) is 8.83. The lowest BCUT2D eigenvalue weighted by Gasteiger charge is -2.10. The molecule has 0 spiro atoms. The Balaban J connectivity index is 1.80. The van der Waals surface area contributed by atoms with E-state index in [1.54, 1.807) is 18.2 Å². The first-order valence-corrected chi connectivity index (χ1v) is 10.3. The second kappa shape index (κ2) is 10.6. The van der Waals surface area contributed by atoms with Crippen molar-refractivity contribution in [3.8, 4) is 5.75 Å². The van der Waals surface area contributed by atoms with Gasteiger partial charge in [0.05, 0.1) is 12.9 Å². The van der Waals surface area contributed by atoms with Crippen LogP contribution in [0.1, 0.15) is 34.8 Å². The molecule has 0 bridgehead atoms. The Morgan fingerprint density at radius 3 is 2.52 bits per heavy atom. The number of ether oxygens (including phenoxy) is 1. The van der Waals surface area contributed by atoms with Crippen molar-refractivity contribution in [1.82, 2.24) is 5.32 Å². The summed E-state index contributed by atoms with van der Waals surface area (Å²) in [6.45, 7) is 2.03. The summed E-state index contributed by atoms with van der Waals surface area (Å²) in [5.74, 6) is 0.362. The quantitative estimate of drug-likeness (QED) is 0.503. The number of ketones is 1. The second-order valence-electron chi connectivity index (χ2n) is 6.25. The van der Waals surface area contributed by atoms with Gasteiger partial charge in [-0.15, -0.1) is 0 Å². The van der Waals surface area contributed by atoms with Crippen molar-refractivity contribution in [1.29, 1.82) is 0 Å². The van der Waals surface area contributed by atoms with Crippen LogP contribution in [-0.4, -0.2) is 35.3 Å². The molecule has 2 rings (SSSR count). The first-order chi connectivity index (χ1) is 13.0. The Morgan fingerprint density at radius 1 is 1.11 bits per heavy atom. The van der Waals surface area contributed by atoms with Gasteiger partial charge in [0.2, 0.25) is 5.91 Å². The monoisotopic (exact) mass is 387 g/mol. The van der Waals surface area contributed by atoms with Crippen LogP contribution in [0, 0.1) is 0 Å². The van der Waals surface area contributed by atoms with Gasteiger partial charge in [-0.1, -0.05) is 30.3 Å². The van der Waals surface area contributed by atoms with Gasteiger partial charge in [-0.05, 0) is 43.5 Å². The number of hydrogen-bond donors (Lipinski definition) is 1. The molecule has 6 heteroatoms. The molecule has 0 unspecified atom stereocenters. The van der Waals surface area contributed by atoms with Gasteiger partial charge < -0.3 is 10.1 Å². The van der Waals surface area contributed by atoms with E-state index in [1.165, 1.54) is 19.6 Å². The molecule has 0 heterocycles. The number of rotatable bonds is 10. The number of nitrogens with one attached hydrogen (secondary N) is 1. The standard InChI is InChI=1S/C21H25NO4S/c1-16(23)18-10-11-20(26-2)19(13-18)14-27(25)15-21(24)22-12-6-9-17-7-4-3-5-8-17/h3-5,7-8,10-11,13H,6,9,12,14-15H2,1-2H3,(H,22,24)/t27-/m0/s1. The Morgan fingerprint density at radius 2 is 1.85 bits per heavy atom. The molecule has 5 nitrogen and oxygen atoms in total. The van der Waals surface area contributed by atoms with Crippen LogP contribution in [0.4, 0.5) is 0 Å². The summed E-state index contributed by atoms with van der Waals surface area (Å²) in [5, 5.41) is 2.81. The van der Waals surface area contributed by atoms with Crippen molar-refractivity contribution in [3.63, 3.8) is 0 Å². The fraction of sp³-hybridized carbons (Fsp3) is 0.333. The Labute approximate surface area is 162 Å². The van der Waals surface area contributed by atoms with Crippen LogP contribution in [0.25, 0.3) is 0 Å². The lowest BCUT2D eigenvalue weighted by Crippen LogP contribution is -2.29. The highest BCUT2D eigenvalue weighted by Gasteiger charge is 2.13. The number of methoxy groups -OCH3 is 1. The minimum atomic E-state index is -1.38. The summed E-state index contributed by atoms with van der Waals surface area (Å²) >= 11 is 0. The first kappa shape index (κ1) is 20.8. The lowest BCUT2D eigenvalue weighted by atomic mass is 10.1. The van der Waals surface area contributed by atoms with E-state index in [0.29, 0.717) is 23.4 Å². The van der Waals surface area contributed by atoms with E-state index in [9.17, 15) is 13.8 Å². The van der Waals surface area contributed by atoms with Gasteiger partial charge in [-0.25, -0.2) is 0 Å². The largest absolute Gasteiger partial charge is 0.496 e. The molecule has 0 aliphatic rings. The smallest absolute Gasteiger partial charge is 0.232 e. The highest BCUT2D eigenvalue weighted by Crippen LogP contribution is 2.22. The maximum absolute atomic E-state index is 12.3. The third-order valence-corrected chi connectivity index (χ3v) is 5.32. The van der Waals surface area contributed by atoms with Crippen LogP contribution in [0.5, 0.6) is 5.75 Å². The summed E-state index contributed by atoms with van der Waals surface area (Å²) in [7, 11) is 0.143. The van der Waals surface area contributed by atoms with Gasteiger partial charge in [0.1, 0.15) is 11.5 Å². The van der Waals surface area contributed by atoms with E-state index in [2.05, 4.69) is 17.4 Å². The van der Waals surface area contributed by atoms with Crippen molar-refractivity contribution in [2.75, 3.05) is 19.4 Å². The second-order valence-corrected chi connectivity index (χ2v) is 7.71. The maximum atomic E-state index is 12.3. The summed E-state index contributed by atoms with van der Waals surface area (Å²) in [6, 6.07) is 15.1. The van der Waals surface area contributed by atoms with Crippen LogP contribution in [0.15, 0.2) is 48.5 Å². The zero-order valence-electron chi connectivity index (χ0n) is 15.7. The number of hydrogen-bond acceptors (Lipinski definition) is 4. The van der Waals surface area contributed by atoms with E-state index in [-0.39, 0.29) is 23.2 Å². The van der Waals surface area contributed by atoms with Gasteiger partial charge in [0.25, 0.3) is 0 Å². The lowest BCUT2D eigenvalue weighted by molar-refractivity contribution is -0.118. The zero-order valence-corrected chi connectivity index (χ0v) is 16.5. The number of aryl methyl sites for hydroxylation is 1. The van der Waals surface area contributed by atoms with Crippen LogP contribution >= 0.6 is 0 Å². The predicted octanol–water partition coefficient (Wildman–Crippen LogP) is 2.90. The SMILES string of the molecule is COc1ccc(C(C)=O)cc1C[S@](=O)CC(=O)NCCCc1ccccc1. The molecule has 144 valence electrons. The molecule has 0 aliphatic heterocycles. The summed E-state index contributed by atoms with van der Waals surface area (Å²) in [6.07, 6.45) is 1.72. The molecule has 0 aliphatic carbocycles. The third-order valence-electron chi connectivity index (χ3n) is 4.10. The highest BCUT2D eigenvalue weighted by molar-refractivity contribution is 7.84. The van der Waals surface area contributed by atoms with E-state index in [4.69, 9.17) is 4.74 Å². The minimum absolute atomic E-state index is 0.0687. The highest BCUT2D eigenvalue weighted by atomic mass is 32.2. The molecule has 0 fully saturated rings. The topological polar surface area (TPSA) is 72.5 Å². The fourth-order valence-electron chi connectivity index (χ4n) is 2.70. The van der Waals surface area contributed by atoms with Crippen molar-refractivity contribution in [2.45, 2.75) is 25.5 Å². The van der Waals surface area contributed by atoms with Crippen LogP contribution < -0.4 is 10.1 Å². The van der Waals surface area contributed by atoms with Crippen molar-refractivity contribution >= 4 is 22.5 Å². The average molecular weight is 388 g/mol. The number of benzene rings is 2. The van der Waals surface area contributed by atoms with E-state index in [1.807, 2.05) is 18.2 Å². The maximum Gasteiger partial charge on any atom is 0.232 e. The van der Waals surface area contributed by atoms with Gasteiger partial charge in [0.15, 0.2) is 5.78 Å². The molecular formula is C21H25NO4S. The van der Waals surface area contributed by atoms with Crippen LogP contribution in [0.3, 0.4) is 0 Å². The number of carbonyl (C=O) groups is 2. The minimum Gasteiger partial charge on any atom is -0.496 e. The normalized spacial score (nSPS) is 11.6. The van der Waals surface area contributed by atoms with E-state index < -0.39 is 10.8 Å². The van der Waals surface area contributed by atoms with Crippen molar-refractivity contribution in [3.05, 3.63) is 65.2 Å². The molecule has 1 amide bonds. The van der Waals surface area contributed by atoms with Gasteiger partial charge >= 0.3 is 0 Å². The molecule has 2 aromatic rings. The summed E-state index contributed by atoms with van der Waals surface area (Å²) < 4.78 is 17.6. The molecular weight excluding hydrogens is 362 g/mol. The average Bonchev–Trinajstić information content (AvgIpc) is 2.66. The van der Waals surface area contributed by atoms with Gasteiger partial charge in [-0.2, -0.15) is 0 Å². The Hall–Kier alpha value is -2.47. The van der Waals surface area contributed by atoms with E-state index >= 15 is 0 Å². The van der Waals surface area contributed by atoms with Crippen LogP contribution in [0.2, 0.25) is 0 Å². The molecule has 1 atom stereocenters. The molecule has 1 N–H and O–H groups in total. The molecule has 0 saturated heterocycles. The number of amides is 1. The number of carbonyl (C=O) groups excluding carboxylic acids is 2. The third kappa shape index (κ3) is 6.98. The molecule has 27 heavy (non-hydrogen) atoms. The molecule has 0 radical (unpaired) electrons. The van der Waals surface area contributed by atoms with Crippen molar-refractivity contribution in [2.24, 2.45) is 0 Å². The predicted molar refractivity (Wildman–Crippen MR) is 107 cm³/mol. The van der Waals surface area contributed by atoms with E-state index in [0.717, 1.165) is 12.8 Å². The van der Waals surface area contributed by atoms with Crippen molar-refractivity contribution < 1.29 is 18.5 Å². The molecule has 2 aromatic carbocycles. The zero-order chi connectivity index (χ0) is 19.6.